The van der Waals surface area contributed by atoms with E-state index >= 15 is 0 Å². The van der Waals surface area contributed by atoms with Crippen molar-refractivity contribution in [3.8, 4) is 11.1 Å². The van der Waals surface area contributed by atoms with Crippen molar-refractivity contribution >= 4 is 27.9 Å². The maximum absolute atomic E-state index is 13.7. The molecular formula is C16H17F3N4O3S2. The molecule has 1 aromatic carbocycles. The van der Waals surface area contributed by atoms with E-state index in [1.54, 1.807) is 0 Å². The first-order valence-corrected chi connectivity index (χ1v) is 10.3. The number of alkyl halides is 3. The fraction of sp³-hybridized carbons (Fsp3) is 0.250. The van der Waals surface area contributed by atoms with E-state index in [-0.39, 0.29) is 33.9 Å². The summed E-state index contributed by atoms with van der Waals surface area (Å²) in [6.45, 7) is -0.0957. The Balaban J connectivity index is 2.56. The van der Waals surface area contributed by atoms with Gasteiger partial charge in [0.25, 0.3) is 16.1 Å². The number of rotatable bonds is 7. The van der Waals surface area contributed by atoms with Crippen LogP contribution in [0.4, 0.5) is 13.2 Å². The predicted molar refractivity (Wildman–Crippen MR) is 99.9 cm³/mol. The van der Waals surface area contributed by atoms with E-state index in [0.717, 1.165) is 17.8 Å². The SMILES string of the molecule is CNC(=O)c1cc(SCCNS(N)(=O)=O)c(-c2cccnc2)c(C(F)(F)F)c1. The van der Waals surface area contributed by atoms with Gasteiger partial charge in [0.1, 0.15) is 0 Å². The van der Waals surface area contributed by atoms with E-state index in [1.165, 1.54) is 37.6 Å². The minimum Gasteiger partial charge on any atom is -0.355 e. The summed E-state index contributed by atoms with van der Waals surface area (Å²) in [7, 11) is -2.60. The summed E-state index contributed by atoms with van der Waals surface area (Å²) in [5, 5.41) is 7.14. The lowest BCUT2D eigenvalue weighted by atomic mass is 9.97. The molecule has 1 amide bonds. The highest BCUT2D eigenvalue weighted by atomic mass is 32.2. The lowest BCUT2D eigenvalue weighted by Crippen LogP contribution is -2.32. The number of pyridine rings is 1. The largest absolute Gasteiger partial charge is 0.417 e. The molecule has 0 aliphatic carbocycles. The highest BCUT2D eigenvalue weighted by Crippen LogP contribution is 2.43. The fourth-order valence-electron chi connectivity index (χ4n) is 2.38. The smallest absolute Gasteiger partial charge is 0.355 e. The third-order valence-electron chi connectivity index (χ3n) is 3.51. The van der Waals surface area contributed by atoms with Crippen molar-refractivity contribution in [2.75, 3.05) is 19.3 Å². The zero-order valence-electron chi connectivity index (χ0n) is 14.6. The van der Waals surface area contributed by atoms with E-state index in [4.69, 9.17) is 5.14 Å². The highest BCUT2D eigenvalue weighted by Gasteiger charge is 2.36. The van der Waals surface area contributed by atoms with Gasteiger partial charge >= 0.3 is 6.18 Å². The van der Waals surface area contributed by atoms with Gasteiger partial charge in [-0.05, 0) is 18.2 Å². The van der Waals surface area contributed by atoms with Crippen molar-refractivity contribution in [2.45, 2.75) is 11.1 Å². The molecule has 0 saturated heterocycles. The normalized spacial score (nSPS) is 12.0. The number of benzene rings is 1. The van der Waals surface area contributed by atoms with Crippen molar-refractivity contribution in [2.24, 2.45) is 5.14 Å². The summed E-state index contributed by atoms with van der Waals surface area (Å²) in [4.78, 5) is 16.0. The molecule has 0 bridgehead atoms. The minimum absolute atomic E-state index is 0.0954. The number of thioether (sulfide) groups is 1. The fourth-order valence-corrected chi connectivity index (χ4v) is 3.90. The molecule has 1 heterocycles. The quantitative estimate of drug-likeness (QED) is 0.456. The molecule has 2 aromatic rings. The number of aromatic nitrogens is 1. The van der Waals surface area contributed by atoms with Crippen LogP contribution in [-0.4, -0.2) is 38.7 Å². The Morgan fingerprint density at radius 2 is 2.04 bits per heavy atom. The second-order valence-corrected chi connectivity index (χ2v) is 8.02. The molecular weight excluding hydrogens is 417 g/mol. The molecule has 2 rings (SSSR count). The molecule has 0 unspecified atom stereocenters. The van der Waals surface area contributed by atoms with E-state index in [0.29, 0.717) is 0 Å². The van der Waals surface area contributed by atoms with Crippen molar-refractivity contribution in [1.29, 1.82) is 0 Å². The van der Waals surface area contributed by atoms with E-state index in [1.807, 2.05) is 0 Å². The van der Waals surface area contributed by atoms with Gasteiger partial charge in [-0.2, -0.15) is 21.6 Å². The number of carbonyl (C=O) groups excluding carboxylic acids is 1. The molecule has 7 nitrogen and oxygen atoms in total. The number of amides is 1. The van der Waals surface area contributed by atoms with E-state index in [9.17, 15) is 26.4 Å². The van der Waals surface area contributed by atoms with Crippen LogP contribution >= 0.6 is 11.8 Å². The molecule has 1 aromatic heterocycles. The molecule has 0 saturated carbocycles. The maximum Gasteiger partial charge on any atom is 0.417 e. The van der Waals surface area contributed by atoms with Gasteiger partial charge in [-0.15, -0.1) is 11.8 Å². The van der Waals surface area contributed by atoms with Crippen LogP contribution in [0.1, 0.15) is 15.9 Å². The summed E-state index contributed by atoms with van der Waals surface area (Å²) >= 11 is 0.965. The first-order valence-electron chi connectivity index (χ1n) is 7.81. The Hall–Kier alpha value is -2.15. The topological polar surface area (TPSA) is 114 Å². The van der Waals surface area contributed by atoms with Crippen LogP contribution in [0.3, 0.4) is 0 Å². The van der Waals surface area contributed by atoms with Crippen molar-refractivity contribution in [3.05, 3.63) is 47.8 Å². The number of nitrogens with one attached hydrogen (secondary N) is 2. The average Bonchev–Trinajstić information content (AvgIpc) is 2.63. The number of hydrogen-bond acceptors (Lipinski definition) is 5. The van der Waals surface area contributed by atoms with Gasteiger partial charge in [-0.25, -0.2) is 9.86 Å². The minimum atomic E-state index is -4.72. The molecule has 152 valence electrons. The Morgan fingerprint density at radius 3 is 2.57 bits per heavy atom. The zero-order chi connectivity index (χ0) is 20.9. The summed E-state index contributed by atoms with van der Waals surface area (Å²) in [5.74, 6) is -0.578. The number of nitrogens with zero attached hydrogens (tertiary/aromatic N) is 1. The molecule has 0 fully saturated rings. The van der Waals surface area contributed by atoms with Crippen LogP contribution < -0.4 is 15.2 Å². The van der Waals surface area contributed by atoms with Crippen LogP contribution in [-0.2, 0) is 16.4 Å². The molecule has 12 heteroatoms. The summed E-state index contributed by atoms with van der Waals surface area (Å²) in [6, 6.07) is 5.09. The Morgan fingerprint density at radius 1 is 1.32 bits per heavy atom. The first-order chi connectivity index (χ1) is 13.0. The number of nitrogens with two attached hydrogens (primary N) is 1. The average molecular weight is 434 g/mol. The molecule has 0 aliphatic rings. The Labute approximate surface area is 164 Å². The summed E-state index contributed by atoms with van der Waals surface area (Å²) in [5.41, 5.74) is -1.05. The van der Waals surface area contributed by atoms with E-state index < -0.39 is 27.9 Å². The van der Waals surface area contributed by atoms with Gasteiger partial charge in [-0.3, -0.25) is 9.78 Å². The van der Waals surface area contributed by atoms with E-state index in [2.05, 4.69) is 15.0 Å². The van der Waals surface area contributed by atoms with Gasteiger partial charge in [-0.1, -0.05) is 6.07 Å². The number of halogens is 3. The molecule has 4 N–H and O–H groups in total. The highest BCUT2D eigenvalue weighted by molar-refractivity contribution is 7.99. The van der Waals surface area contributed by atoms with Crippen molar-refractivity contribution < 1.29 is 26.4 Å². The van der Waals surface area contributed by atoms with Gasteiger partial charge in [0.15, 0.2) is 0 Å². The van der Waals surface area contributed by atoms with Crippen molar-refractivity contribution in [3.63, 3.8) is 0 Å². The van der Waals surface area contributed by atoms with Crippen LogP contribution in [0.25, 0.3) is 11.1 Å². The first kappa shape index (κ1) is 22.1. The van der Waals surface area contributed by atoms with Crippen LogP contribution in [0.2, 0.25) is 0 Å². The molecule has 0 atom stereocenters. The lowest BCUT2D eigenvalue weighted by Gasteiger charge is -2.18. The van der Waals surface area contributed by atoms with Crippen molar-refractivity contribution in [1.82, 2.24) is 15.0 Å². The third-order valence-corrected chi connectivity index (χ3v) is 5.16. The molecule has 0 aliphatic heterocycles. The third kappa shape index (κ3) is 5.92. The number of hydrogen-bond donors (Lipinski definition) is 3. The van der Waals surface area contributed by atoms with Gasteiger partial charge in [0.2, 0.25) is 0 Å². The molecule has 28 heavy (non-hydrogen) atoms. The van der Waals surface area contributed by atoms with Crippen LogP contribution in [0, 0.1) is 0 Å². The number of carbonyl (C=O) groups is 1. The van der Waals surface area contributed by atoms with Gasteiger partial charge in [0.05, 0.1) is 5.56 Å². The second-order valence-electron chi connectivity index (χ2n) is 5.50. The summed E-state index contributed by atoms with van der Waals surface area (Å²) in [6.07, 6.45) is -2.00. The predicted octanol–water partition coefficient (Wildman–Crippen LogP) is 2.01. The summed E-state index contributed by atoms with van der Waals surface area (Å²) < 4.78 is 65.2. The standard InChI is InChI=1S/C16H17F3N4O3S2/c1-21-15(24)11-7-12(16(17,18)19)14(10-3-2-4-22-9-10)13(8-11)27-6-5-23-28(20,25)26/h2-4,7-9,23H,5-6H2,1H3,(H,21,24)(H2,20,25,26). The van der Waals surface area contributed by atoms with Gasteiger partial charge < -0.3 is 5.32 Å². The lowest BCUT2D eigenvalue weighted by molar-refractivity contribution is -0.137. The van der Waals surface area contributed by atoms with Gasteiger partial charge in [0, 0.05) is 53.3 Å². The van der Waals surface area contributed by atoms with Crippen LogP contribution in [0.15, 0.2) is 41.6 Å². The monoisotopic (exact) mass is 434 g/mol. The van der Waals surface area contributed by atoms with Crippen LogP contribution in [0.5, 0.6) is 0 Å². The zero-order valence-corrected chi connectivity index (χ0v) is 16.2. The molecule has 0 spiro atoms. The maximum atomic E-state index is 13.7. The Bertz CT molecular complexity index is 952. The second kappa shape index (κ2) is 8.90. The Kier molecular flexibility index (Phi) is 7.04. The molecule has 0 radical (unpaired) electrons.